The van der Waals surface area contributed by atoms with Crippen molar-refractivity contribution in [3.63, 3.8) is 0 Å². The molecule has 0 unspecified atom stereocenters. The molecule has 1 aromatic heterocycles. The lowest BCUT2D eigenvalue weighted by Crippen LogP contribution is -2.47. The fourth-order valence-electron chi connectivity index (χ4n) is 2.76. The number of hydrogen-bond acceptors (Lipinski definition) is 6. The normalized spacial score (nSPS) is 14.0. The van der Waals surface area contributed by atoms with Crippen LogP contribution in [0.4, 0.5) is 0 Å². The number of aromatic nitrogens is 1. The molecule has 0 saturated carbocycles. The van der Waals surface area contributed by atoms with E-state index in [2.05, 4.69) is 17.1 Å². The number of aliphatic carboxylic acids is 1. The van der Waals surface area contributed by atoms with E-state index < -0.39 is 12.0 Å². The Hall–Kier alpha value is -2.71. The lowest BCUT2D eigenvalue weighted by Gasteiger charge is -2.27. The van der Waals surface area contributed by atoms with Gasteiger partial charge >= 0.3 is 0 Å². The average Bonchev–Trinajstić information content (AvgIpc) is 3.07. The fourth-order valence-corrected chi connectivity index (χ4v) is 2.76. The van der Waals surface area contributed by atoms with Gasteiger partial charge in [-0.15, -0.1) is 0 Å². The molecule has 0 fully saturated rings. The topological polar surface area (TPSA) is 130 Å². The van der Waals surface area contributed by atoms with E-state index in [1.807, 2.05) is 18.2 Å². The molecule has 1 aliphatic rings. The largest absolute Gasteiger partial charge is 0.481 e. The molecule has 1 atom stereocenters. The third-order valence-corrected chi connectivity index (χ3v) is 4.07. The highest BCUT2D eigenvalue weighted by molar-refractivity contribution is 5.81. The van der Waals surface area contributed by atoms with Crippen LogP contribution in [0.3, 0.4) is 0 Å². The molecule has 1 aliphatic heterocycles. The zero-order chi connectivity index (χ0) is 19.8. The van der Waals surface area contributed by atoms with Crippen LogP contribution in [0.25, 0.3) is 0 Å². The van der Waals surface area contributed by atoms with Gasteiger partial charge in [0.05, 0.1) is 13.2 Å². The molecule has 8 heteroatoms. The van der Waals surface area contributed by atoms with Gasteiger partial charge in [-0.2, -0.15) is 0 Å². The highest BCUT2D eigenvalue weighted by atomic mass is 16.4. The van der Waals surface area contributed by atoms with E-state index in [-0.39, 0.29) is 12.5 Å². The van der Waals surface area contributed by atoms with Crippen molar-refractivity contribution in [1.82, 2.24) is 9.88 Å². The highest BCUT2D eigenvalue weighted by Gasteiger charge is 2.27. The summed E-state index contributed by atoms with van der Waals surface area (Å²) in [6.45, 7) is 1.69. The van der Waals surface area contributed by atoms with Crippen molar-refractivity contribution >= 4 is 11.9 Å². The van der Waals surface area contributed by atoms with Crippen molar-refractivity contribution in [2.45, 2.75) is 38.8 Å². The van der Waals surface area contributed by atoms with Gasteiger partial charge in [0, 0.05) is 26.3 Å². The Morgan fingerprint density at radius 2 is 1.96 bits per heavy atom. The first-order chi connectivity index (χ1) is 12.9. The van der Waals surface area contributed by atoms with E-state index >= 15 is 0 Å². The molecule has 2 aromatic rings. The molecule has 3 rings (SSSR count). The zero-order valence-electron chi connectivity index (χ0n) is 15.3. The third-order valence-electron chi connectivity index (χ3n) is 4.07. The maximum atomic E-state index is 12.0. The Kier molecular flexibility index (Phi) is 7.51. The molecule has 0 saturated heterocycles. The van der Waals surface area contributed by atoms with Gasteiger partial charge in [0.1, 0.15) is 17.5 Å². The number of carbonyl (C=O) groups is 2. The van der Waals surface area contributed by atoms with Crippen LogP contribution < -0.4 is 5.73 Å². The van der Waals surface area contributed by atoms with Crippen LogP contribution in [0.5, 0.6) is 0 Å². The van der Waals surface area contributed by atoms with E-state index in [4.69, 9.17) is 25.2 Å². The molecular weight excluding hydrogens is 350 g/mol. The van der Waals surface area contributed by atoms with Gasteiger partial charge in [0.2, 0.25) is 5.91 Å². The number of carboxylic acids is 1. The predicted octanol–water partition coefficient (Wildman–Crippen LogP) is 0.755. The first-order valence-electron chi connectivity index (χ1n) is 8.76. The molecule has 27 heavy (non-hydrogen) atoms. The summed E-state index contributed by atoms with van der Waals surface area (Å²) in [7, 11) is 0. The summed E-state index contributed by atoms with van der Waals surface area (Å²) >= 11 is 0. The Balaban J connectivity index is 0.000000596. The molecule has 4 N–H and O–H groups in total. The van der Waals surface area contributed by atoms with Crippen LogP contribution in [0.2, 0.25) is 0 Å². The van der Waals surface area contributed by atoms with Crippen LogP contribution in [0.1, 0.15) is 29.8 Å². The SMILES string of the molecule is CC(=O)O.N[C@@H](CO)C(=O)N1CCc2oc(CCc3ccccc3)nc2C1. The van der Waals surface area contributed by atoms with Crippen molar-refractivity contribution < 1.29 is 24.2 Å². The number of aliphatic hydroxyl groups is 1. The van der Waals surface area contributed by atoms with Crippen LogP contribution in [0, 0.1) is 0 Å². The van der Waals surface area contributed by atoms with E-state index in [0.29, 0.717) is 25.4 Å². The number of amides is 1. The number of aliphatic hydroxyl groups excluding tert-OH is 1. The fraction of sp³-hybridized carbons (Fsp3) is 0.421. The number of oxazole rings is 1. The Labute approximate surface area is 157 Å². The van der Waals surface area contributed by atoms with Crippen molar-refractivity contribution in [3.8, 4) is 0 Å². The van der Waals surface area contributed by atoms with Crippen LogP contribution >= 0.6 is 0 Å². The van der Waals surface area contributed by atoms with E-state index in [1.54, 1.807) is 4.90 Å². The molecule has 0 spiro atoms. The molecule has 146 valence electrons. The Morgan fingerprint density at radius 3 is 2.59 bits per heavy atom. The van der Waals surface area contributed by atoms with Gasteiger partial charge in [-0.1, -0.05) is 30.3 Å². The zero-order valence-corrected chi connectivity index (χ0v) is 15.3. The maximum Gasteiger partial charge on any atom is 0.300 e. The molecule has 0 radical (unpaired) electrons. The summed E-state index contributed by atoms with van der Waals surface area (Å²) in [4.78, 5) is 27.2. The summed E-state index contributed by atoms with van der Waals surface area (Å²) in [6.07, 6.45) is 2.25. The maximum absolute atomic E-state index is 12.0. The van der Waals surface area contributed by atoms with Gasteiger partial charge < -0.3 is 25.3 Å². The molecule has 8 nitrogen and oxygen atoms in total. The second kappa shape index (κ2) is 9.84. The van der Waals surface area contributed by atoms with Crippen molar-refractivity contribution in [1.29, 1.82) is 0 Å². The van der Waals surface area contributed by atoms with Crippen LogP contribution in [-0.4, -0.2) is 51.2 Å². The van der Waals surface area contributed by atoms with E-state index in [0.717, 1.165) is 31.2 Å². The highest BCUT2D eigenvalue weighted by Crippen LogP contribution is 2.21. The van der Waals surface area contributed by atoms with Crippen LogP contribution in [-0.2, 0) is 35.4 Å². The van der Waals surface area contributed by atoms with E-state index in [9.17, 15) is 4.79 Å². The molecular formula is C19H25N3O5. The first-order valence-corrected chi connectivity index (χ1v) is 8.76. The van der Waals surface area contributed by atoms with Crippen molar-refractivity contribution in [2.75, 3.05) is 13.2 Å². The monoisotopic (exact) mass is 375 g/mol. The average molecular weight is 375 g/mol. The summed E-state index contributed by atoms with van der Waals surface area (Å²) in [5, 5.41) is 16.4. The summed E-state index contributed by atoms with van der Waals surface area (Å²) in [5.74, 6) is 0.487. The van der Waals surface area contributed by atoms with Gasteiger partial charge in [-0.05, 0) is 12.0 Å². The molecule has 0 aliphatic carbocycles. The smallest absolute Gasteiger partial charge is 0.300 e. The second-order valence-electron chi connectivity index (χ2n) is 6.28. The van der Waals surface area contributed by atoms with Gasteiger partial charge in [-0.25, -0.2) is 4.98 Å². The number of rotatable bonds is 5. The predicted molar refractivity (Wildman–Crippen MR) is 97.8 cm³/mol. The molecule has 1 amide bonds. The number of hydrogen-bond donors (Lipinski definition) is 3. The second-order valence-corrected chi connectivity index (χ2v) is 6.28. The number of benzene rings is 1. The summed E-state index contributed by atoms with van der Waals surface area (Å²) in [5.41, 5.74) is 7.65. The lowest BCUT2D eigenvalue weighted by molar-refractivity contribution is -0.135. The molecule has 0 bridgehead atoms. The first kappa shape index (κ1) is 20.6. The number of nitrogens with zero attached hydrogens (tertiary/aromatic N) is 2. The Morgan fingerprint density at radius 1 is 1.30 bits per heavy atom. The third kappa shape index (κ3) is 6.19. The van der Waals surface area contributed by atoms with Crippen molar-refractivity contribution in [3.05, 3.63) is 53.2 Å². The minimum absolute atomic E-state index is 0.244. The number of nitrogens with two attached hydrogens (primary N) is 1. The minimum atomic E-state index is -0.860. The van der Waals surface area contributed by atoms with Crippen LogP contribution in [0.15, 0.2) is 34.7 Å². The summed E-state index contributed by atoms with van der Waals surface area (Å²) in [6, 6.07) is 9.34. The van der Waals surface area contributed by atoms with Gasteiger partial charge in [-0.3, -0.25) is 9.59 Å². The minimum Gasteiger partial charge on any atom is -0.481 e. The molecule has 1 aromatic carbocycles. The van der Waals surface area contributed by atoms with Crippen molar-refractivity contribution in [2.24, 2.45) is 5.73 Å². The lowest BCUT2D eigenvalue weighted by atomic mass is 10.1. The number of fused-ring (bicyclic) bond motifs is 1. The number of carbonyl (C=O) groups excluding carboxylic acids is 1. The standard InChI is InChI=1S/C17H21N3O3.C2H4O2/c18-13(11-21)17(22)20-9-8-15-14(10-20)19-16(23-15)7-6-12-4-2-1-3-5-12;1-2(3)4/h1-5,13,21H,6-11,18H2;1H3,(H,3,4)/t13-;/m0./s1. The Bertz CT molecular complexity index is 756. The van der Waals surface area contributed by atoms with E-state index in [1.165, 1.54) is 5.56 Å². The quantitative estimate of drug-likeness (QED) is 0.703. The molecule has 2 heterocycles. The van der Waals surface area contributed by atoms with Gasteiger partial charge in [0.15, 0.2) is 5.89 Å². The number of aryl methyl sites for hydroxylation is 2. The van der Waals surface area contributed by atoms with Gasteiger partial charge in [0.25, 0.3) is 5.97 Å². The number of carboxylic acid groups (broad SMARTS) is 1. The summed E-state index contributed by atoms with van der Waals surface area (Å²) < 4.78 is 5.81.